The Morgan fingerprint density at radius 1 is 1.11 bits per heavy atom. The third-order valence-corrected chi connectivity index (χ3v) is 3.79. The van der Waals surface area contributed by atoms with Crippen molar-refractivity contribution in [3.8, 4) is 0 Å². The summed E-state index contributed by atoms with van der Waals surface area (Å²) in [6.07, 6.45) is 1.22. The van der Waals surface area contributed by atoms with Crippen LogP contribution >= 0.6 is 15.9 Å². The van der Waals surface area contributed by atoms with E-state index in [1.165, 1.54) is 19.0 Å². The normalized spacial score (nSPS) is 18.2. The lowest BCUT2D eigenvalue weighted by Gasteiger charge is -2.34. The molecule has 18 heavy (non-hydrogen) atoms. The Balaban J connectivity index is 1.87. The molecule has 1 saturated heterocycles. The maximum absolute atomic E-state index is 13.3. The lowest BCUT2D eigenvalue weighted by Crippen LogP contribution is -2.45. The van der Waals surface area contributed by atoms with Crippen LogP contribution in [0.15, 0.2) is 22.7 Å². The van der Waals surface area contributed by atoms with Gasteiger partial charge in [0.15, 0.2) is 0 Å². The van der Waals surface area contributed by atoms with Crippen molar-refractivity contribution in [1.29, 1.82) is 0 Å². The summed E-state index contributed by atoms with van der Waals surface area (Å²) in [6.45, 7) is 8.67. The number of rotatable bonds is 4. The lowest BCUT2D eigenvalue weighted by atomic mass is 10.2. The molecule has 100 valence electrons. The first-order valence-electron chi connectivity index (χ1n) is 6.57. The molecule has 1 heterocycles. The average molecular weight is 315 g/mol. The molecule has 0 amide bonds. The van der Waals surface area contributed by atoms with Crippen molar-refractivity contribution in [3.63, 3.8) is 0 Å². The third kappa shape index (κ3) is 4.04. The van der Waals surface area contributed by atoms with Gasteiger partial charge in [-0.1, -0.05) is 22.9 Å². The van der Waals surface area contributed by atoms with E-state index in [0.717, 1.165) is 42.8 Å². The van der Waals surface area contributed by atoms with E-state index in [2.05, 4.69) is 32.7 Å². The molecule has 0 aromatic heterocycles. The summed E-state index contributed by atoms with van der Waals surface area (Å²) in [5.74, 6) is -0.163. The number of benzene rings is 1. The van der Waals surface area contributed by atoms with Crippen LogP contribution in [0.4, 0.5) is 4.39 Å². The summed E-state index contributed by atoms with van der Waals surface area (Å²) >= 11 is 3.34. The Morgan fingerprint density at radius 2 is 1.78 bits per heavy atom. The molecule has 0 unspecified atom stereocenters. The molecule has 1 aromatic rings. The van der Waals surface area contributed by atoms with E-state index in [0.29, 0.717) is 0 Å². The predicted octanol–water partition coefficient (Wildman–Crippen LogP) is 3.12. The molecule has 1 aromatic carbocycles. The van der Waals surface area contributed by atoms with Crippen LogP contribution in [0.3, 0.4) is 0 Å². The highest BCUT2D eigenvalue weighted by atomic mass is 79.9. The van der Waals surface area contributed by atoms with E-state index in [1.807, 2.05) is 6.07 Å². The molecule has 1 aliphatic rings. The molecule has 0 radical (unpaired) electrons. The summed E-state index contributed by atoms with van der Waals surface area (Å²) in [7, 11) is 0. The molecule has 4 heteroatoms. The van der Waals surface area contributed by atoms with Crippen LogP contribution in [-0.4, -0.2) is 42.5 Å². The van der Waals surface area contributed by atoms with Crippen LogP contribution in [0, 0.1) is 5.82 Å². The molecule has 2 nitrogen and oxygen atoms in total. The second-order valence-electron chi connectivity index (χ2n) is 4.90. The zero-order valence-corrected chi connectivity index (χ0v) is 12.4. The summed E-state index contributed by atoms with van der Waals surface area (Å²) in [4.78, 5) is 4.89. The minimum atomic E-state index is -0.163. The SMILES string of the molecule is CCCN1CCN(Cc2cc(F)cc(Br)c2)CC1. The molecular weight excluding hydrogens is 295 g/mol. The zero-order chi connectivity index (χ0) is 13.0. The van der Waals surface area contributed by atoms with Crippen LogP contribution in [0.5, 0.6) is 0 Å². The second-order valence-corrected chi connectivity index (χ2v) is 5.81. The van der Waals surface area contributed by atoms with Gasteiger partial charge in [-0.05, 0) is 36.7 Å². The highest BCUT2D eigenvalue weighted by Crippen LogP contribution is 2.17. The van der Waals surface area contributed by atoms with Gasteiger partial charge in [-0.15, -0.1) is 0 Å². The van der Waals surface area contributed by atoms with Crippen molar-refractivity contribution in [2.75, 3.05) is 32.7 Å². The largest absolute Gasteiger partial charge is 0.301 e. The molecule has 1 fully saturated rings. The molecule has 0 spiro atoms. The molecule has 0 bridgehead atoms. The Morgan fingerprint density at radius 3 is 2.39 bits per heavy atom. The van der Waals surface area contributed by atoms with Gasteiger partial charge < -0.3 is 4.90 Å². The maximum atomic E-state index is 13.3. The van der Waals surface area contributed by atoms with Crippen LogP contribution in [-0.2, 0) is 6.54 Å². The third-order valence-electron chi connectivity index (χ3n) is 3.33. The van der Waals surface area contributed by atoms with E-state index < -0.39 is 0 Å². The minimum absolute atomic E-state index is 0.163. The van der Waals surface area contributed by atoms with Gasteiger partial charge in [0, 0.05) is 37.2 Å². The smallest absolute Gasteiger partial charge is 0.124 e. The van der Waals surface area contributed by atoms with Gasteiger partial charge in [-0.25, -0.2) is 4.39 Å². The Labute approximate surface area is 117 Å². The summed E-state index contributed by atoms with van der Waals surface area (Å²) in [5, 5.41) is 0. The molecule has 0 saturated carbocycles. The molecule has 1 aliphatic heterocycles. The molecule has 0 atom stereocenters. The molecular formula is C14H20BrFN2. The maximum Gasteiger partial charge on any atom is 0.124 e. The standard InChI is InChI=1S/C14H20BrFN2/c1-2-3-17-4-6-18(7-5-17)11-12-8-13(15)10-14(16)9-12/h8-10H,2-7,11H2,1H3. The van der Waals surface area contributed by atoms with E-state index in [9.17, 15) is 4.39 Å². The van der Waals surface area contributed by atoms with Crippen LogP contribution < -0.4 is 0 Å². The highest BCUT2D eigenvalue weighted by Gasteiger charge is 2.16. The van der Waals surface area contributed by atoms with E-state index >= 15 is 0 Å². The van der Waals surface area contributed by atoms with Gasteiger partial charge in [0.25, 0.3) is 0 Å². The van der Waals surface area contributed by atoms with Crippen molar-refractivity contribution in [1.82, 2.24) is 9.80 Å². The van der Waals surface area contributed by atoms with Crippen molar-refractivity contribution >= 4 is 15.9 Å². The Hall–Kier alpha value is -0.450. The zero-order valence-electron chi connectivity index (χ0n) is 10.8. The van der Waals surface area contributed by atoms with Gasteiger partial charge in [0.1, 0.15) is 5.82 Å². The summed E-state index contributed by atoms with van der Waals surface area (Å²) < 4.78 is 14.1. The van der Waals surface area contributed by atoms with Crippen molar-refractivity contribution in [2.24, 2.45) is 0 Å². The monoisotopic (exact) mass is 314 g/mol. The van der Waals surface area contributed by atoms with E-state index in [1.54, 1.807) is 6.07 Å². The van der Waals surface area contributed by atoms with Crippen LogP contribution in [0.2, 0.25) is 0 Å². The summed E-state index contributed by atoms with van der Waals surface area (Å²) in [6, 6.07) is 5.13. The first kappa shape index (κ1) is 14.0. The van der Waals surface area contributed by atoms with Crippen LogP contribution in [0.25, 0.3) is 0 Å². The fourth-order valence-corrected chi connectivity index (χ4v) is 2.96. The minimum Gasteiger partial charge on any atom is -0.301 e. The van der Waals surface area contributed by atoms with Crippen LogP contribution in [0.1, 0.15) is 18.9 Å². The van der Waals surface area contributed by atoms with Gasteiger partial charge in [-0.2, -0.15) is 0 Å². The molecule has 0 aliphatic carbocycles. The lowest BCUT2D eigenvalue weighted by molar-refractivity contribution is 0.127. The average Bonchev–Trinajstić information content (AvgIpc) is 2.31. The first-order valence-corrected chi connectivity index (χ1v) is 7.36. The molecule has 0 N–H and O–H groups in total. The fraction of sp³-hybridized carbons (Fsp3) is 0.571. The predicted molar refractivity (Wildman–Crippen MR) is 76.1 cm³/mol. The Kier molecular flexibility index (Phi) is 5.15. The number of hydrogen-bond acceptors (Lipinski definition) is 2. The number of piperazine rings is 1. The summed E-state index contributed by atoms with van der Waals surface area (Å²) in [5.41, 5.74) is 1.05. The molecule has 2 rings (SSSR count). The first-order chi connectivity index (χ1) is 8.67. The van der Waals surface area contributed by atoms with Crippen molar-refractivity contribution in [3.05, 3.63) is 34.1 Å². The Bertz CT molecular complexity index is 369. The number of hydrogen-bond donors (Lipinski definition) is 0. The van der Waals surface area contributed by atoms with Gasteiger partial charge in [0.2, 0.25) is 0 Å². The van der Waals surface area contributed by atoms with Gasteiger partial charge in [-0.3, -0.25) is 4.90 Å². The number of halogens is 2. The van der Waals surface area contributed by atoms with Crippen molar-refractivity contribution in [2.45, 2.75) is 19.9 Å². The van der Waals surface area contributed by atoms with Gasteiger partial charge in [0.05, 0.1) is 0 Å². The van der Waals surface area contributed by atoms with E-state index in [4.69, 9.17) is 0 Å². The quantitative estimate of drug-likeness (QED) is 0.842. The highest BCUT2D eigenvalue weighted by molar-refractivity contribution is 9.10. The van der Waals surface area contributed by atoms with E-state index in [-0.39, 0.29) is 5.82 Å². The van der Waals surface area contributed by atoms with Crippen molar-refractivity contribution < 1.29 is 4.39 Å². The van der Waals surface area contributed by atoms with Gasteiger partial charge >= 0.3 is 0 Å². The topological polar surface area (TPSA) is 6.48 Å². The second kappa shape index (κ2) is 6.64. The number of nitrogens with zero attached hydrogens (tertiary/aromatic N) is 2. The fourth-order valence-electron chi connectivity index (χ4n) is 2.45.